The summed E-state index contributed by atoms with van der Waals surface area (Å²) in [6.07, 6.45) is 1.22. The monoisotopic (exact) mass is 248 g/mol. The van der Waals surface area contributed by atoms with Crippen LogP contribution >= 0.6 is 0 Å². The van der Waals surface area contributed by atoms with Gasteiger partial charge in [-0.1, -0.05) is 45.9 Å². The first-order chi connectivity index (χ1) is 8.65. The fourth-order valence-electron chi connectivity index (χ4n) is 2.37. The first-order valence-electron chi connectivity index (χ1n) is 7.17. The second-order valence-electron chi connectivity index (χ2n) is 5.11. The van der Waals surface area contributed by atoms with Crippen molar-refractivity contribution in [1.29, 1.82) is 0 Å². The van der Waals surface area contributed by atoms with Crippen LogP contribution in [0.2, 0.25) is 0 Å². The number of fused-ring (bicyclic) bond motifs is 1. The molecule has 0 aromatic heterocycles. The van der Waals surface area contributed by atoms with Crippen molar-refractivity contribution in [1.82, 2.24) is 4.90 Å². The van der Waals surface area contributed by atoms with Gasteiger partial charge in [0.15, 0.2) is 0 Å². The summed E-state index contributed by atoms with van der Waals surface area (Å²) < 4.78 is 0. The SMILES string of the molecule is CC.CCN(C)CCC1(C)CNc2ccccc21. The molecule has 2 nitrogen and oxygen atoms in total. The molecule has 0 saturated carbocycles. The Bertz CT molecular complexity index is 362. The van der Waals surface area contributed by atoms with Crippen molar-refractivity contribution >= 4 is 5.69 Å². The van der Waals surface area contributed by atoms with Gasteiger partial charge in [-0.05, 0) is 38.2 Å². The zero-order chi connectivity index (χ0) is 13.6. The molecule has 2 heteroatoms. The van der Waals surface area contributed by atoms with E-state index < -0.39 is 0 Å². The van der Waals surface area contributed by atoms with Crippen LogP contribution in [0.5, 0.6) is 0 Å². The summed E-state index contributed by atoms with van der Waals surface area (Å²) >= 11 is 0. The lowest BCUT2D eigenvalue weighted by Gasteiger charge is -2.26. The molecule has 1 aliphatic rings. The lowest BCUT2D eigenvalue weighted by atomic mass is 9.81. The molecule has 1 N–H and O–H groups in total. The fraction of sp³-hybridized carbons (Fsp3) is 0.625. The third kappa shape index (κ3) is 3.26. The summed E-state index contributed by atoms with van der Waals surface area (Å²) in [5, 5.41) is 3.51. The summed E-state index contributed by atoms with van der Waals surface area (Å²) in [7, 11) is 2.19. The van der Waals surface area contributed by atoms with E-state index in [1.807, 2.05) is 13.8 Å². The van der Waals surface area contributed by atoms with Gasteiger partial charge in [-0.3, -0.25) is 0 Å². The Morgan fingerprint density at radius 2 is 1.94 bits per heavy atom. The molecule has 0 radical (unpaired) electrons. The van der Waals surface area contributed by atoms with E-state index in [2.05, 4.69) is 55.4 Å². The van der Waals surface area contributed by atoms with E-state index in [1.165, 1.54) is 24.2 Å². The number of benzene rings is 1. The van der Waals surface area contributed by atoms with E-state index in [-0.39, 0.29) is 0 Å². The molecule has 18 heavy (non-hydrogen) atoms. The zero-order valence-corrected chi connectivity index (χ0v) is 12.6. The Labute approximate surface area is 112 Å². The molecule has 1 heterocycles. The number of hydrogen-bond acceptors (Lipinski definition) is 2. The second kappa shape index (κ2) is 6.79. The van der Waals surface area contributed by atoms with Gasteiger partial charge in [-0.15, -0.1) is 0 Å². The average molecular weight is 248 g/mol. The fourth-order valence-corrected chi connectivity index (χ4v) is 2.37. The topological polar surface area (TPSA) is 15.3 Å². The Hall–Kier alpha value is -1.02. The summed E-state index contributed by atoms with van der Waals surface area (Å²) in [6, 6.07) is 8.70. The van der Waals surface area contributed by atoms with Crippen LogP contribution in [0.25, 0.3) is 0 Å². The molecule has 0 amide bonds. The molecule has 102 valence electrons. The quantitative estimate of drug-likeness (QED) is 0.873. The van der Waals surface area contributed by atoms with E-state index in [0.717, 1.165) is 13.1 Å². The van der Waals surface area contributed by atoms with E-state index in [9.17, 15) is 0 Å². The Balaban J connectivity index is 0.000000771. The van der Waals surface area contributed by atoms with Crippen LogP contribution in [0, 0.1) is 0 Å². The van der Waals surface area contributed by atoms with Gasteiger partial charge in [0, 0.05) is 17.6 Å². The van der Waals surface area contributed by atoms with E-state index >= 15 is 0 Å². The van der Waals surface area contributed by atoms with Gasteiger partial charge in [0.1, 0.15) is 0 Å². The maximum Gasteiger partial charge on any atom is 0.0379 e. The van der Waals surface area contributed by atoms with Gasteiger partial charge in [0.05, 0.1) is 0 Å². The number of nitrogens with one attached hydrogen (secondary N) is 1. The highest BCUT2D eigenvalue weighted by Gasteiger charge is 2.33. The maximum absolute atomic E-state index is 3.51. The van der Waals surface area contributed by atoms with Gasteiger partial charge < -0.3 is 10.2 Å². The number of para-hydroxylation sites is 1. The largest absolute Gasteiger partial charge is 0.384 e. The number of anilines is 1. The van der Waals surface area contributed by atoms with Crippen molar-refractivity contribution in [2.45, 2.75) is 39.5 Å². The van der Waals surface area contributed by atoms with Crippen molar-refractivity contribution in [3.8, 4) is 0 Å². The standard InChI is InChI=1S/C14H22N2.C2H6/c1-4-16(3)10-9-14(2)11-15-13-8-6-5-7-12(13)14;1-2/h5-8,15H,4,9-11H2,1-3H3;1-2H3. The molecule has 2 rings (SSSR count). The third-order valence-electron chi connectivity index (χ3n) is 3.83. The van der Waals surface area contributed by atoms with Crippen LogP contribution in [0.4, 0.5) is 5.69 Å². The molecule has 1 unspecified atom stereocenters. The van der Waals surface area contributed by atoms with Gasteiger partial charge in [0.2, 0.25) is 0 Å². The molecule has 0 fully saturated rings. The number of hydrogen-bond donors (Lipinski definition) is 1. The molecule has 1 aromatic rings. The van der Waals surface area contributed by atoms with Crippen molar-refractivity contribution in [3.63, 3.8) is 0 Å². The van der Waals surface area contributed by atoms with E-state index in [1.54, 1.807) is 0 Å². The van der Waals surface area contributed by atoms with Gasteiger partial charge in [0.25, 0.3) is 0 Å². The molecular formula is C16H28N2. The van der Waals surface area contributed by atoms with Crippen molar-refractivity contribution in [3.05, 3.63) is 29.8 Å². The average Bonchev–Trinajstić information content (AvgIpc) is 2.77. The van der Waals surface area contributed by atoms with Gasteiger partial charge in [-0.25, -0.2) is 0 Å². The predicted octanol–water partition coefficient (Wildman–Crippen LogP) is 3.74. The molecule has 0 aliphatic carbocycles. The molecule has 1 aromatic carbocycles. The highest BCUT2D eigenvalue weighted by atomic mass is 15.1. The summed E-state index contributed by atoms with van der Waals surface area (Å²) in [6.45, 7) is 12.0. The van der Waals surface area contributed by atoms with E-state index in [0.29, 0.717) is 5.41 Å². The predicted molar refractivity (Wildman–Crippen MR) is 81.4 cm³/mol. The lowest BCUT2D eigenvalue weighted by molar-refractivity contribution is 0.307. The van der Waals surface area contributed by atoms with Crippen LogP contribution in [0.15, 0.2) is 24.3 Å². The molecule has 1 atom stereocenters. The lowest BCUT2D eigenvalue weighted by Crippen LogP contribution is -2.30. The first kappa shape index (κ1) is 15.0. The van der Waals surface area contributed by atoms with Crippen LogP contribution in [-0.2, 0) is 5.41 Å². The molecule has 0 saturated heterocycles. The summed E-state index contributed by atoms with van der Waals surface area (Å²) in [5.74, 6) is 0. The zero-order valence-electron chi connectivity index (χ0n) is 12.6. The van der Waals surface area contributed by atoms with Crippen molar-refractivity contribution < 1.29 is 0 Å². The Kier molecular flexibility index (Phi) is 5.67. The Morgan fingerprint density at radius 1 is 1.28 bits per heavy atom. The highest BCUT2D eigenvalue weighted by molar-refractivity contribution is 5.59. The van der Waals surface area contributed by atoms with Gasteiger partial charge >= 0.3 is 0 Å². The minimum atomic E-state index is 0.306. The Morgan fingerprint density at radius 3 is 2.61 bits per heavy atom. The second-order valence-corrected chi connectivity index (χ2v) is 5.11. The summed E-state index contributed by atoms with van der Waals surface area (Å²) in [5.41, 5.74) is 3.11. The number of nitrogens with zero attached hydrogens (tertiary/aromatic N) is 1. The van der Waals surface area contributed by atoms with Crippen LogP contribution in [0.3, 0.4) is 0 Å². The van der Waals surface area contributed by atoms with Gasteiger partial charge in [-0.2, -0.15) is 0 Å². The smallest absolute Gasteiger partial charge is 0.0379 e. The molecular weight excluding hydrogens is 220 g/mol. The number of rotatable bonds is 4. The molecule has 0 bridgehead atoms. The van der Waals surface area contributed by atoms with Crippen LogP contribution < -0.4 is 5.32 Å². The van der Waals surface area contributed by atoms with E-state index in [4.69, 9.17) is 0 Å². The highest BCUT2D eigenvalue weighted by Crippen LogP contribution is 2.38. The minimum absolute atomic E-state index is 0.306. The van der Waals surface area contributed by atoms with Crippen molar-refractivity contribution in [2.75, 3.05) is 32.0 Å². The van der Waals surface area contributed by atoms with Crippen molar-refractivity contribution in [2.24, 2.45) is 0 Å². The first-order valence-corrected chi connectivity index (χ1v) is 7.17. The minimum Gasteiger partial charge on any atom is -0.384 e. The van der Waals surface area contributed by atoms with Crippen LogP contribution in [-0.4, -0.2) is 31.6 Å². The third-order valence-corrected chi connectivity index (χ3v) is 3.83. The molecule has 0 spiro atoms. The normalized spacial score (nSPS) is 21.0. The maximum atomic E-state index is 3.51. The molecule has 1 aliphatic heterocycles. The van der Waals surface area contributed by atoms with Crippen LogP contribution in [0.1, 0.15) is 39.7 Å². The summed E-state index contributed by atoms with van der Waals surface area (Å²) in [4.78, 5) is 2.38.